The van der Waals surface area contributed by atoms with Crippen LogP contribution in [0.15, 0.2) is 54.7 Å². The van der Waals surface area contributed by atoms with Gasteiger partial charge in [0.05, 0.1) is 0 Å². The molecule has 0 saturated carbocycles. The lowest BCUT2D eigenvalue weighted by Crippen LogP contribution is -2.03. The first-order valence-electron chi connectivity index (χ1n) is 10.2. The van der Waals surface area contributed by atoms with Crippen molar-refractivity contribution < 1.29 is 15.0 Å². The van der Waals surface area contributed by atoms with E-state index in [-0.39, 0.29) is 11.3 Å². The van der Waals surface area contributed by atoms with Gasteiger partial charge in [0.2, 0.25) is 0 Å². The zero-order valence-corrected chi connectivity index (χ0v) is 16.6. The third kappa shape index (κ3) is 10.4. The van der Waals surface area contributed by atoms with Gasteiger partial charge in [0.25, 0.3) is 0 Å². The van der Waals surface area contributed by atoms with E-state index in [9.17, 15) is 15.0 Å². The zero-order valence-electron chi connectivity index (χ0n) is 16.6. The lowest BCUT2D eigenvalue weighted by molar-refractivity contribution is 0.0692. The molecule has 0 aliphatic carbocycles. The minimum absolute atomic E-state index is 0.0524. The van der Waals surface area contributed by atoms with Gasteiger partial charge >= 0.3 is 5.97 Å². The number of carboxylic acid groups (broad SMARTS) is 1. The maximum absolute atomic E-state index is 11.2. The molecule has 0 aromatic heterocycles. The van der Waals surface area contributed by atoms with Crippen molar-refractivity contribution in [3.63, 3.8) is 0 Å². The number of aromatic hydroxyl groups is 1. The minimum Gasteiger partial charge on any atom is -0.507 e. The summed E-state index contributed by atoms with van der Waals surface area (Å²) in [5.74, 6) is -1.20. The van der Waals surface area contributed by atoms with E-state index in [0.29, 0.717) is 6.42 Å². The quantitative estimate of drug-likeness (QED) is 0.214. The van der Waals surface area contributed by atoms with Crippen molar-refractivity contribution in [1.82, 2.24) is 0 Å². The third-order valence-corrected chi connectivity index (χ3v) is 4.44. The number of allylic oxidation sites excluding steroid dienone is 6. The predicted octanol–water partition coefficient (Wildman–Crippen LogP) is 6.83. The summed E-state index contributed by atoms with van der Waals surface area (Å²) in [6, 6.07) is 4.93. The SMILES string of the molecule is CCCC=CCC=CC=CCCCCCCCc1cccc(O)c1C(=O)O. The van der Waals surface area contributed by atoms with Crippen molar-refractivity contribution in [3.8, 4) is 5.75 Å². The average Bonchev–Trinajstić information content (AvgIpc) is 2.64. The molecule has 0 bridgehead atoms. The van der Waals surface area contributed by atoms with Crippen molar-refractivity contribution in [3.05, 3.63) is 65.8 Å². The van der Waals surface area contributed by atoms with Gasteiger partial charge in [0, 0.05) is 0 Å². The molecule has 0 amide bonds. The summed E-state index contributed by atoms with van der Waals surface area (Å²) in [7, 11) is 0. The van der Waals surface area contributed by atoms with Crippen LogP contribution in [0.3, 0.4) is 0 Å². The van der Waals surface area contributed by atoms with Gasteiger partial charge in [-0.15, -0.1) is 0 Å². The molecule has 0 aliphatic rings. The van der Waals surface area contributed by atoms with Gasteiger partial charge in [-0.3, -0.25) is 0 Å². The summed E-state index contributed by atoms with van der Waals surface area (Å²) >= 11 is 0. The predicted molar refractivity (Wildman–Crippen MR) is 113 cm³/mol. The number of rotatable bonds is 14. The molecule has 3 nitrogen and oxygen atoms in total. The summed E-state index contributed by atoms with van der Waals surface area (Å²) in [5, 5.41) is 18.9. The summed E-state index contributed by atoms with van der Waals surface area (Å²) < 4.78 is 0. The van der Waals surface area contributed by atoms with Gasteiger partial charge in [-0.05, 0) is 50.2 Å². The molecule has 0 aliphatic heterocycles. The first-order valence-corrected chi connectivity index (χ1v) is 10.2. The van der Waals surface area contributed by atoms with Gasteiger partial charge < -0.3 is 10.2 Å². The van der Waals surface area contributed by atoms with Crippen LogP contribution in [0.1, 0.15) is 80.6 Å². The smallest absolute Gasteiger partial charge is 0.339 e. The molecule has 0 radical (unpaired) electrons. The lowest BCUT2D eigenvalue weighted by atomic mass is 9.99. The normalized spacial score (nSPS) is 11.9. The number of hydrogen-bond acceptors (Lipinski definition) is 2. The molecule has 1 aromatic rings. The average molecular weight is 371 g/mol. The lowest BCUT2D eigenvalue weighted by Gasteiger charge is -2.07. The Kier molecular flexibility index (Phi) is 12.5. The fourth-order valence-electron chi connectivity index (χ4n) is 2.94. The Morgan fingerprint density at radius 2 is 1.67 bits per heavy atom. The Labute approximate surface area is 164 Å². The number of aromatic carboxylic acids is 1. The number of unbranched alkanes of at least 4 members (excludes halogenated alkanes) is 6. The van der Waals surface area contributed by atoms with Crippen molar-refractivity contribution in [2.75, 3.05) is 0 Å². The van der Waals surface area contributed by atoms with Gasteiger partial charge in [0.15, 0.2) is 0 Å². The molecule has 1 aromatic carbocycles. The maximum Gasteiger partial charge on any atom is 0.339 e. The van der Waals surface area contributed by atoms with Crippen LogP contribution in [0, 0.1) is 0 Å². The highest BCUT2D eigenvalue weighted by Crippen LogP contribution is 2.23. The second-order valence-electron chi connectivity index (χ2n) is 6.77. The molecule has 3 heteroatoms. The molecule has 27 heavy (non-hydrogen) atoms. The highest BCUT2D eigenvalue weighted by molar-refractivity contribution is 5.92. The number of benzene rings is 1. The van der Waals surface area contributed by atoms with Crippen molar-refractivity contribution >= 4 is 5.97 Å². The Balaban J connectivity index is 2.08. The second-order valence-corrected chi connectivity index (χ2v) is 6.77. The molecular weight excluding hydrogens is 336 g/mol. The Morgan fingerprint density at radius 3 is 2.44 bits per heavy atom. The van der Waals surface area contributed by atoms with E-state index >= 15 is 0 Å². The van der Waals surface area contributed by atoms with E-state index in [0.717, 1.165) is 44.1 Å². The van der Waals surface area contributed by atoms with Crippen molar-refractivity contribution in [1.29, 1.82) is 0 Å². The van der Waals surface area contributed by atoms with Crippen LogP contribution in [0.2, 0.25) is 0 Å². The molecule has 0 saturated heterocycles. The van der Waals surface area contributed by atoms with E-state index in [1.54, 1.807) is 12.1 Å². The van der Waals surface area contributed by atoms with Gasteiger partial charge in [-0.2, -0.15) is 0 Å². The fourth-order valence-corrected chi connectivity index (χ4v) is 2.94. The highest BCUT2D eigenvalue weighted by Gasteiger charge is 2.14. The van der Waals surface area contributed by atoms with Crippen LogP contribution in [0.25, 0.3) is 0 Å². The van der Waals surface area contributed by atoms with Crippen LogP contribution in [-0.4, -0.2) is 16.2 Å². The molecular formula is C24H34O3. The van der Waals surface area contributed by atoms with Crippen molar-refractivity contribution in [2.24, 2.45) is 0 Å². The third-order valence-electron chi connectivity index (χ3n) is 4.44. The van der Waals surface area contributed by atoms with E-state index < -0.39 is 5.97 Å². The van der Waals surface area contributed by atoms with Crippen LogP contribution in [0.5, 0.6) is 5.75 Å². The maximum atomic E-state index is 11.2. The van der Waals surface area contributed by atoms with E-state index in [2.05, 4.69) is 43.4 Å². The van der Waals surface area contributed by atoms with E-state index in [4.69, 9.17) is 0 Å². The monoisotopic (exact) mass is 370 g/mol. The van der Waals surface area contributed by atoms with Crippen LogP contribution in [0.4, 0.5) is 0 Å². The Hall–Kier alpha value is -2.29. The number of hydrogen-bond donors (Lipinski definition) is 2. The first kappa shape index (κ1) is 22.8. The fraction of sp³-hybridized carbons (Fsp3) is 0.458. The summed E-state index contributed by atoms with van der Waals surface area (Å²) in [6.07, 6.45) is 23.9. The molecule has 0 heterocycles. The van der Waals surface area contributed by atoms with Gasteiger partial charge in [0.1, 0.15) is 11.3 Å². The van der Waals surface area contributed by atoms with Crippen molar-refractivity contribution in [2.45, 2.75) is 71.1 Å². The molecule has 2 N–H and O–H groups in total. The second kappa shape index (κ2) is 14.8. The summed E-state index contributed by atoms with van der Waals surface area (Å²) in [4.78, 5) is 11.2. The Bertz CT molecular complexity index is 627. The molecule has 0 atom stereocenters. The topological polar surface area (TPSA) is 57.5 Å². The van der Waals surface area contributed by atoms with Crippen LogP contribution >= 0.6 is 0 Å². The summed E-state index contributed by atoms with van der Waals surface area (Å²) in [6.45, 7) is 2.19. The standard InChI is InChI=1S/C24H34O3/c1-2-3-4-5-6-7-8-9-10-11-12-13-14-15-16-18-21-19-17-20-22(25)23(21)24(26)27/h4-5,7-10,17,19-20,25H,2-3,6,11-16,18H2,1H3,(H,26,27). The molecule has 0 unspecified atom stereocenters. The van der Waals surface area contributed by atoms with Gasteiger partial charge in [-0.1, -0.05) is 81.2 Å². The zero-order chi connectivity index (χ0) is 19.7. The molecule has 1 rings (SSSR count). The van der Waals surface area contributed by atoms with E-state index in [1.165, 1.54) is 25.3 Å². The molecule has 148 valence electrons. The minimum atomic E-state index is -1.05. The van der Waals surface area contributed by atoms with E-state index in [1.807, 2.05) is 0 Å². The Morgan fingerprint density at radius 1 is 0.926 bits per heavy atom. The molecule has 0 fully saturated rings. The summed E-state index contributed by atoms with van der Waals surface area (Å²) in [5.41, 5.74) is 0.776. The van der Waals surface area contributed by atoms with Crippen LogP contribution in [-0.2, 0) is 6.42 Å². The highest BCUT2D eigenvalue weighted by atomic mass is 16.4. The van der Waals surface area contributed by atoms with Gasteiger partial charge in [-0.25, -0.2) is 4.79 Å². The molecule has 0 spiro atoms. The first-order chi connectivity index (χ1) is 13.2. The number of carbonyl (C=O) groups is 1. The van der Waals surface area contributed by atoms with Crippen LogP contribution < -0.4 is 0 Å². The number of aryl methyl sites for hydroxylation is 1. The number of carboxylic acids is 1. The largest absolute Gasteiger partial charge is 0.507 e. The number of phenols is 1.